The lowest BCUT2D eigenvalue weighted by Gasteiger charge is -2.04. The van der Waals surface area contributed by atoms with Crippen molar-refractivity contribution >= 4 is 50.8 Å². The Bertz CT molecular complexity index is 1830. The molecule has 6 aromatic rings. The molecule has 0 aliphatic carbocycles. The molecule has 0 radical (unpaired) electrons. The smallest absolute Gasteiger partial charge is 0.224 e. The number of carbonyl (C=O) groups excluding carboxylic acids is 2. The molecule has 0 saturated heterocycles. The highest BCUT2D eigenvalue weighted by molar-refractivity contribution is 7.17. The number of pyridine rings is 2. The lowest BCUT2D eigenvalue weighted by atomic mass is 10.1. The quantitative estimate of drug-likeness (QED) is 0.228. The molecule has 10 heteroatoms. The topological polar surface area (TPSA) is 129 Å². The van der Waals surface area contributed by atoms with Crippen molar-refractivity contribution in [1.82, 2.24) is 30.1 Å². The third-order valence-electron chi connectivity index (χ3n) is 6.00. The van der Waals surface area contributed by atoms with E-state index >= 15 is 0 Å². The van der Waals surface area contributed by atoms with Gasteiger partial charge < -0.3 is 10.3 Å². The molecule has 186 valence electrons. The minimum Gasteiger partial charge on any atom is -0.336 e. The van der Waals surface area contributed by atoms with Crippen LogP contribution >= 0.6 is 11.3 Å². The normalized spacial score (nSPS) is 11.1. The molecule has 9 nitrogen and oxygen atoms in total. The summed E-state index contributed by atoms with van der Waals surface area (Å²) < 4.78 is 0. The fraction of sp³-hybridized carbons (Fsp3) is 0.143. The van der Waals surface area contributed by atoms with Crippen molar-refractivity contribution in [2.24, 2.45) is 0 Å². The van der Waals surface area contributed by atoms with Gasteiger partial charge in [-0.3, -0.25) is 19.7 Å². The fourth-order valence-electron chi connectivity index (χ4n) is 4.19. The molecule has 0 aliphatic rings. The Morgan fingerprint density at radius 2 is 1.92 bits per heavy atom. The fourth-order valence-corrected chi connectivity index (χ4v) is 5.09. The molecule has 0 unspecified atom stereocenters. The molecule has 0 atom stereocenters. The minimum atomic E-state index is -0.0614. The van der Waals surface area contributed by atoms with Gasteiger partial charge in [0.25, 0.3) is 0 Å². The van der Waals surface area contributed by atoms with Crippen LogP contribution in [0.3, 0.4) is 0 Å². The Kier molecular flexibility index (Phi) is 5.90. The molecule has 38 heavy (non-hydrogen) atoms. The van der Waals surface area contributed by atoms with Gasteiger partial charge in [0.05, 0.1) is 32.2 Å². The maximum absolute atomic E-state index is 12.0. The number of nitrogens with zero attached hydrogens (tertiary/aromatic N) is 4. The van der Waals surface area contributed by atoms with E-state index < -0.39 is 0 Å². The van der Waals surface area contributed by atoms with E-state index in [1.807, 2.05) is 43.3 Å². The standard InChI is InChI=1S/C28H21N7O2S/c1-3-5-23(37)30-17-7-4-6-16(14-17)18-8-9-20-25(31-18)27(35-34-20)28-32-19-12-13-29-26(24(19)33-28)22-11-10-21(38-22)15(2)36/h6,8-14H,3,5H2,1-2H3,(H,30,37)(H,32,33)(H,34,35). The number of aromatic amines is 2. The molecule has 0 bridgehead atoms. The molecule has 0 saturated carbocycles. The first-order valence-electron chi connectivity index (χ1n) is 12.0. The maximum atomic E-state index is 12.0. The highest BCUT2D eigenvalue weighted by atomic mass is 32.1. The summed E-state index contributed by atoms with van der Waals surface area (Å²) in [5.41, 5.74) is 6.21. The third kappa shape index (κ3) is 4.29. The van der Waals surface area contributed by atoms with E-state index in [0.29, 0.717) is 50.9 Å². The molecular formula is C28H21N7O2S. The van der Waals surface area contributed by atoms with E-state index in [2.05, 4.69) is 37.6 Å². The first kappa shape index (κ1) is 23.5. The number of fused-ring (bicyclic) bond motifs is 2. The van der Waals surface area contributed by atoms with Crippen LogP contribution in [0.25, 0.3) is 55.4 Å². The Labute approximate surface area is 221 Å². The van der Waals surface area contributed by atoms with Crippen molar-refractivity contribution in [2.45, 2.75) is 26.7 Å². The Balaban J connectivity index is 1.39. The lowest BCUT2D eigenvalue weighted by Crippen LogP contribution is -2.10. The number of anilines is 1. The predicted molar refractivity (Wildman–Crippen MR) is 147 cm³/mol. The number of carbonyl (C=O) groups is 2. The Hall–Kier alpha value is -4.88. The highest BCUT2D eigenvalue weighted by Gasteiger charge is 2.18. The van der Waals surface area contributed by atoms with Crippen LogP contribution in [0.5, 0.6) is 0 Å². The zero-order chi connectivity index (χ0) is 26.2. The number of imidazole rings is 1. The first-order chi connectivity index (χ1) is 18.5. The monoisotopic (exact) mass is 519 g/mol. The average molecular weight is 520 g/mol. The van der Waals surface area contributed by atoms with Gasteiger partial charge in [0.2, 0.25) is 5.91 Å². The van der Waals surface area contributed by atoms with Gasteiger partial charge in [0.1, 0.15) is 16.7 Å². The van der Waals surface area contributed by atoms with Gasteiger partial charge in [0.15, 0.2) is 17.3 Å². The lowest BCUT2D eigenvalue weighted by molar-refractivity contribution is -0.116. The summed E-state index contributed by atoms with van der Waals surface area (Å²) in [4.78, 5) is 42.9. The van der Waals surface area contributed by atoms with Crippen molar-refractivity contribution < 1.29 is 9.59 Å². The summed E-state index contributed by atoms with van der Waals surface area (Å²) in [6.45, 7) is 3.51. The van der Waals surface area contributed by atoms with Crippen LogP contribution in [0.4, 0.5) is 5.69 Å². The van der Waals surface area contributed by atoms with Gasteiger partial charge in [0, 0.05) is 18.2 Å². The second-order valence-electron chi connectivity index (χ2n) is 8.75. The molecule has 0 aliphatic heterocycles. The van der Waals surface area contributed by atoms with E-state index in [1.54, 1.807) is 19.2 Å². The van der Waals surface area contributed by atoms with Crippen LogP contribution in [0.2, 0.25) is 0 Å². The number of amides is 1. The van der Waals surface area contributed by atoms with Gasteiger partial charge in [-0.1, -0.05) is 13.0 Å². The Morgan fingerprint density at radius 1 is 1.05 bits per heavy atom. The van der Waals surface area contributed by atoms with Crippen molar-refractivity contribution in [1.29, 1.82) is 0 Å². The zero-order valence-electron chi connectivity index (χ0n) is 20.5. The molecular weight excluding hydrogens is 498 g/mol. The van der Waals surface area contributed by atoms with E-state index in [9.17, 15) is 9.59 Å². The number of aromatic nitrogens is 6. The van der Waals surface area contributed by atoms with Crippen LogP contribution < -0.4 is 5.32 Å². The van der Waals surface area contributed by atoms with Crippen molar-refractivity contribution in [2.75, 3.05) is 5.32 Å². The number of Topliss-reactive ketones (excluding diaryl/α,β-unsaturated/α-hetero) is 1. The van der Waals surface area contributed by atoms with E-state index in [1.165, 1.54) is 11.3 Å². The molecule has 1 aromatic carbocycles. The molecule has 5 aromatic heterocycles. The predicted octanol–water partition coefficient (Wildman–Crippen LogP) is 5.83. The van der Waals surface area contributed by atoms with E-state index in [0.717, 1.165) is 27.9 Å². The number of hydrogen-bond donors (Lipinski definition) is 3. The van der Waals surface area contributed by atoms with Crippen molar-refractivity contribution in [3.63, 3.8) is 0 Å². The van der Waals surface area contributed by atoms with Gasteiger partial charge in [-0.15, -0.1) is 11.3 Å². The van der Waals surface area contributed by atoms with Gasteiger partial charge in [-0.25, -0.2) is 9.97 Å². The van der Waals surface area contributed by atoms with Crippen LogP contribution in [0, 0.1) is 12.1 Å². The molecule has 0 spiro atoms. The number of nitrogens with one attached hydrogen (secondary N) is 3. The minimum absolute atomic E-state index is 0.0189. The first-order valence-corrected chi connectivity index (χ1v) is 12.9. The molecule has 5 heterocycles. The van der Waals surface area contributed by atoms with Crippen LogP contribution in [0.15, 0.2) is 48.7 Å². The maximum Gasteiger partial charge on any atom is 0.224 e. The van der Waals surface area contributed by atoms with Crippen molar-refractivity contribution in [3.05, 3.63) is 65.7 Å². The summed E-state index contributed by atoms with van der Waals surface area (Å²) in [5, 5.41) is 10.4. The third-order valence-corrected chi connectivity index (χ3v) is 7.19. The second kappa shape index (κ2) is 9.53. The second-order valence-corrected chi connectivity index (χ2v) is 9.84. The van der Waals surface area contributed by atoms with Crippen LogP contribution in [-0.2, 0) is 4.79 Å². The van der Waals surface area contributed by atoms with E-state index in [4.69, 9.17) is 9.97 Å². The highest BCUT2D eigenvalue weighted by Crippen LogP contribution is 2.34. The Morgan fingerprint density at radius 3 is 2.74 bits per heavy atom. The summed E-state index contributed by atoms with van der Waals surface area (Å²) >= 11 is 1.39. The van der Waals surface area contributed by atoms with Crippen LogP contribution in [-0.4, -0.2) is 41.8 Å². The molecule has 3 N–H and O–H groups in total. The van der Waals surface area contributed by atoms with Gasteiger partial charge in [-0.05, 0) is 61.9 Å². The summed E-state index contributed by atoms with van der Waals surface area (Å²) in [7, 11) is 0. The van der Waals surface area contributed by atoms with Crippen LogP contribution in [0.1, 0.15) is 36.4 Å². The van der Waals surface area contributed by atoms with Gasteiger partial charge in [-0.2, -0.15) is 5.10 Å². The summed E-state index contributed by atoms with van der Waals surface area (Å²) in [5.74, 6) is 0.507. The molecule has 1 amide bonds. The molecule has 0 fully saturated rings. The van der Waals surface area contributed by atoms with Gasteiger partial charge >= 0.3 is 0 Å². The summed E-state index contributed by atoms with van der Waals surface area (Å²) in [6, 6.07) is 18.8. The molecule has 6 rings (SSSR count). The SMILES string of the molecule is CCCC(=O)Nc1c#ccc(-c2ccc3[nH]nc(-c4nc5c(-c6ccc(C(C)=O)s6)nccc5[nH]4)c3n2)c1. The zero-order valence-corrected chi connectivity index (χ0v) is 21.4. The number of rotatable bonds is 7. The number of thiophene rings is 1. The average Bonchev–Trinajstić information content (AvgIpc) is 3.66. The largest absolute Gasteiger partial charge is 0.336 e. The number of hydrogen-bond acceptors (Lipinski definition) is 7. The number of ketones is 1. The number of H-pyrrole nitrogens is 2. The van der Waals surface area contributed by atoms with Crippen molar-refractivity contribution in [3.8, 4) is 33.3 Å². The van der Waals surface area contributed by atoms with E-state index in [-0.39, 0.29) is 11.7 Å². The summed E-state index contributed by atoms with van der Waals surface area (Å²) in [6.07, 6.45) is 2.92.